The SMILES string of the molecule is CCc1ncc(CNC(CCO)COC)s1. The third-order valence-electron chi connectivity index (χ3n) is 2.31. The summed E-state index contributed by atoms with van der Waals surface area (Å²) in [6.45, 7) is 3.71. The summed E-state index contributed by atoms with van der Waals surface area (Å²) in [6.07, 6.45) is 3.62. The summed E-state index contributed by atoms with van der Waals surface area (Å²) < 4.78 is 5.09. The van der Waals surface area contributed by atoms with Crippen LogP contribution in [0.2, 0.25) is 0 Å². The van der Waals surface area contributed by atoms with E-state index in [0.29, 0.717) is 13.0 Å². The summed E-state index contributed by atoms with van der Waals surface area (Å²) in [5, 5.41) is 13.4. The van der Waals surface area contributed by atoms with Crippen molar-refractivity contribution in [2.45, 2.75) is 32.4 Å². The van der Waals surface area contributed by atoms with Crippen molar-refractivity contribution in [2.24, 2.45) is 0 Å². The largest absolute Gasteiger partial charge is 0.396 e. The molecule has 0 amide bonds. The molecule has 1 atom stereocenters. The van der Waals surface area contributed by atoms with Gasteiger partial charge in [0, 0.05) is 37.4 Å². The van der Waals surface area contributed by atoms with Crippen molar-refractivity contribution in [3.05, 3.63) is 16.1 Å². The molecule has 4 nitrogen and oxygen atoms in total. The Morgan fingerprint density at radius 3 is 3.00 bits per heavy atom. The minimum absolute atomic E-state index is 0.184. The lowest BCUT2D eigenvalue weighted by Gasteiger charge is -2.15. The van der Waals surface area contributed by atoms with E-state index in [2.05, 4.69) is 17.2 Å². The van der Waals surface area contributed by atoms with Gasteiger partial charge in [0.1, 0.15) is 0 Å². The highest BCUT2D eigenvalue weighted by Gasteiger charge is 2.08. The fourth-order valence-corrected chi connectivity index (χ4v) is 2.25. The number of aliphatic hydroxyl groups is 1. The molecule has 2 N–H and O–H groups in total. The van der Waals surface area contributed by atoms with Crippen molar-refractivity contribution in [3.8, 4) is 0 Å². The average molecular weight is 244 g/mol. The van der Waals surface area contributed by atoms with Gasteiger partial charge in [-0.2, -0.15) is 0 Å². The van der Waals surface area contributed by atoms with Gasteiger partial charge in [0.2, 0.25) is 0 Å². The van der Waals surface area contributed by atoms with E-state index in [1.54, 1.807) is 18.4 Å². The third kappa shape index (κ3) is 4.57. The van der Waals surface area contributed by atoms with Crippen LogP contribution in [0.5, 0.6) is 0 Å². The van der Waals surface area contributed by atoms with Crippen molar-refractivity contribution < 1.29 is 9.84 Å². The number of aromatic nitrogens is 1. The van der Waals surface area contributed by atoms with Crippen molar-refractivity contribution in [1.29, 1.82) is 0 Å². The smallest absolute Gasteiger partial charge is 0.0925 e. The number of hydrogen-bond donors (Lipinski definition) is 2. The summed E-state index contributed by atoms with van der Waals surface area (Å²) in [4.78, 5) is 5.53. The van der Waals surface area contributed by atoms with Gasteiger partial charge in [-0.15, -0.1) is 11.3 Å². The monoisotopic (exact) mass is 244 g/mol. The van der Waals surface area contributed by atoms with Gasteiger partial charge in [-0.25, -0.2) is 4.98 Å². The molecule has 92 valence electrons. The Labute approximate surface area is 101 Å². The Bertz CT molecular complexity index is 285. The lowest BCUT2D eigenvalue weighted by Crippen LogP contribution is -2.33. The van der Waals surface area contributed by atoms with Crippen LogP contribution in [0.4, 0.5) is 0 Å². The molecule has 1 heterocycles. The van der Waals surface area contributed by atoms with Crippen molar-refractivity contribution in [2.75, 3.05) is 20.3 Å². The molecule has 0 aliphatic rings. The Kier molecular flexibility index (Phi) is 6.56. The van der Waals surface area contributed by atoms with Crippen LogP contribution in [-0.4, -0.2) is 36.5 Å². The van der Waals surface area contributed by atoms with E-state index in [0.717, 1.165) is 13.0 Å². The zero-order chi connectivity index (χ0) is 11.8. The van der Waals surface area contributed by atoms with E-state index >= 15 is 0 Å². The Hall–Kier alpha value is -0.490. The molecule has 1 aromatic rings. The van der Waals surface area contributed by atoms with Crippen LogP contribution in [-0.2, 0) is 17.7 Å². The molecule has 5 heteroatoms. The lowest BCUT2D eigenvalue weighted by atomic mass is 10.2. The fourth-order valence-electron chi connectivity index (χ4n) is 1.44. The molecule has 1 rings (SSSR count). The van der Waals surface area contributed by atoms with Crippen LogP contribution in [0.3, 0.4) is 0 Å². The minimum atomic E-state index is 0.184. The van der Waals surface area contributed by atoms with Crippen molar-refractivity contribution in [3.63, 3.8) is 0 Å². The lowest BCUT2D eigenvalue weighted by molar-refractivity contribution is 0.148. The molecule has 0 aromatic carbocycles. The van der Waals surface area contributed by atoms with Gasteiger partial charge in [-0.3, -0.25) is 0 Å². The molecular weight excluding hydrogens is 224 g/mol. The van der Waals surface area contributed by atoms with Crippen LogP contribution in [0, 0.1) is 0 Å². The van der Waals surface area contributed by atoms with E-state index in [9.17, 15) is 0 Å². The number of rotatable bonds is 8. The Balaban J connectivity index is 2.35. The van der Waals surface area contributed by atoms with Crippen LogP contribution >= 0.6 is 11.3 Å². The number of aryl methyl sites for hydroxylation is 1. The predicted octanol–water partition coefficient (Wildman–Crippen LogP) is 1.19. The van der Waals surface area contributed by atoms with Crippen LogP contribution in [0.15, 0.2) is 6.20 Å². The summed E-state index contributed by atoms with van der Waals surface area (Å²) in [7, 11) is 1.67. The van der Waals surface area contributed by atoms with Gasteiger partial charge in [0.15, 0.2) is 0 Å². The maximum atomic E-state index is 8.90. The summed E-state index contributed by atoms with van der Waals surface area (Å²) >= 11 is 1.73. The standard InChI is InChI=1S/C11H20N2O2S/c1-3-11-13-7-10(16-11)6-12-9(4-5-14)8-15-2/h7,9,12,14H,3-6,8H2,1-2H3. The van der Waals surface area contributed by atoms with Crippen molar-refractivity contribution >= 4 is 11.3 Å². The van der Waals surface area contributed by atoms with Gasteiger partial charge in [-0.05, 0) is 12.8 Å². The van der Waals surface area contributed by atoms with E-state index in [4.69, 9.17) is 9.84 Å². The van der Waals surface area contributed by atoms with E-state index in [-0.39, 0.29) is 12.6 Å². The first-order chi connectivity index (χ1) is 7.80. The van der Waals surface area contributed by atoms with Gasteiger partial charge in [0.25, 0.3) is 0 Å². The highest BCUT2D eigenvalue weighted by atomic mass is 32.1. The topological polar surface area (TPSA) is 54.4 Å². The molecule has 0 bridgehead atoms. The first-order valence-corrected chi connectivity index (χ1v) is 6.38. The van der Waals surface area contributed by atoms with Crippen LogP contribution in [0.25, 0.3) is 0 Å². The normalized spacial score (nSPS) is 12.9. The van der Waals surface area contributed by atoms with Crippen molar-refractivity contribution in [1.82, 2.24) is 10.3 Å². The Morgan fingerprint density at radius 2 is 2.44 bits per heavy atom. The van der Waals surface area contributed by atoms with Gasteiger partial charge in [-0.1, -0.05) is 6.92 Å². The molecule has 16 heavy (non-hydrogen) atoms. The molecule has 0 aliphatic heterocycles. The average Bonchev–Trinajstić information content (AvgIpc) is 2.74. The summed E-state index contributed by atoms with van der Waals surface area (Å²) in [5.74, 6) is 0. The molecule has 0 aliphatic carbocycles. The molecule has 1 aromatic heterocycles. The molecule has 0 saturated carbocycles. The summed E-state index contributed by atoms with van der Waals surface area (Å²) in [6, 6.07) is 0.210. The maximum absolute atomic E-state index is 8.90. The fraction of sp³-hybridized carbons (Fsp3) is 0.727. The predicted molar refractivity (Wildman–Crippen MR) is 65.7 cm³/mol. The van der Waals surface area contributed by atoms with Gasteiger partial charge in [0.05, 0.1) is 11.6 Å². The Morgan fingerprint density at radius 1 is 1.62 bits per heavy atom. The second-order valence-corrected chi connectivity index (χ2v) is 4.82. The maximum Gasteiger partial charge on any atom is 0.0925 e. The third-order valence-corrected chi connectivity index (χ3v) is 3.46. The highest BCUT2D eigenvalue weighted by molar-refractivity contribution is 7.11. The second kappa shape index (κ2) is 7.73. The molecule has 0 saturated heterocycles. The summed E-state index contributed by atoms with van der Waals surface area (Å²) in [5.41, 5.74) is 0. The first kappa shape index (κ1) is 13.6. The van der Waals surface area contributed by atoms with Gasteiger partial charge < -0.3 is 15.2 Å². The minimum Gasteiger partial charge on any atom is -0.396 e. The quantitative estimate of drug-likeness (QED) is 0.721. The number of nitrogens with zero attached hydrogens (tertiary/aromatic N) is 1. The molecule has 0 fully saturated rings. The molecular formula is C11H20N2O2S. The number of hydrogen-bond acceptors (Lipinski definition) is 5. The van der Waals surface area contributed by atoms with E-state index < -0.39 is 0 Å². The van der Waals surface area contributed by atoms with Gasteiger partial charge >= 0.3 is 0 Å². The molecule has 0 spiro atoms. The zero-order valence-corrected chi connectivity index (χ0v) is 10.7. The number of methoxy groups -OCH3 is 1. The van der Waals surface area contributed by atoms with E-state index in [1.807, 2.05) is 6.20 Å². The zero-order valence-electron chi connectivity index (χ0n) is 9.90. The number of thiazole rings is 1. The number of ether oxygens (including phenoxy) is 1. The molecule has 0 radical (unpaired) electrons. The second-order valence-electron chi connectivity index (χ2n) is 3.62. The van der Waals surface area contributed by atoms with E-state index in [1.165, 1.54) is 9.88 Å². The molecule has 1 unspecified atom stereocenters. The number of nitrogens with one attached hydrogen (secondary N) is 1. The van der Waals surface area contributed by atoms with Crippen LogP contribution in [0.1, 0.15) is 23.2 Å². The van der Waals surface area contributed by atoms with Crippen LogP contribution < -0.4 is 5.32 Å². The number of aliphatic hydroxyl groups excluding tert-OH is 1. The first-order valence-electron chi connectivity index (χ1n) is 5.56. The highest BCUT2D eigenvalue weighted by Crippen LogP contribution is 2.13.